The number of carbonyl (C=O) groups is 1. The van der Waals surface area contributed by atoms with Crippen LogP contribution in [0, 0.1) is 5.82 Å². The van der Waals surface area contributed by atoms with Gasteiger partial charge in [0.15, 0.2) is 6.10 Å². The number of likely N-dealkylation sites (N-methyl/N-ethyl adjacent to an activating group) is 1. The van der Waals surface area contributed by atoms with E-state index in [0.717, 1.165) is 0 Å². The normalized spacial score (nSPS) is 12.7. The van der Waals surface area contributed by atoms with Crippen molar-refractivity contribution in [3.8, 4) is 0 Å². The quantitative estimate of drug-likeness (QED) is 0.900. The van der Waals surface area contributed by atoms with Crippen molar-refractivity contribution in [1.82, 2.24) is 9.88 Å². The van der Waals surface area contributed by atoms with E-state index in [9.17, 15) is 19.1 Å². The molecule has 0 radical (unpaired) electrons. The summed E-state index contributed by atoms with van der Waals surface area (Å²) in [6.07, 6.45) is -1.63. The van der Waals surface area contributed by atoms with Gasteiger partial charge in [-0.1, -0.05) is 6.07 Å². The Morgan fingerprint density at radius 3 is 2.62 bits per heavy atom. The molecule has 0 fully saturated rings. The lowest BCUT2D eigenvalue weighted by atomic mass is 10.1. The van der Waals surface area contributed by atoms with E-state index in [-0.39, 0.29) is 17.0 Å². The van der Waals surface area contributed by atoms with Crippen LogP contribution in [0.2, 0.25) is 0 Å². The number of aromatic nitrogens is 1. The fraction of sp³-hybridized carbons (Fsp3) is 0.333. The van der Waals surface area contributed by atoms with Crippen LogP contribution in [0.15, 0.2) is 29.1 Å². The van der Waals surface area contributed by atoms with Gasteiger partial charge in [0.05, 0.1) is 11.1 Å². The van der Waals surface area contributed by atoms with Crippen LogP contribution in [0.25, 0.3) is 10.9 Å². The third-order valence-corrected chi connectivity index (χ3v) is 3.36. The first-order valence-electron chi connectivity index (χ1n) is 6.61. The van der Waals surface area contributed by atoms with E-state index in [1.54, 1.807) is 19.9 Å². The van der Waals surface area contributed by atoms with Crippen LogP contribution < -0.4 is 10.9 Å². The van der Waals surface area contributed by atoms with Gasteiger partial charge in [-0.15, -0.1) is 0 Å². The molecule has 1 heterocycles. The van der Waals surface area contributed by atoms with Gasteiger partial charge in [0, 0.05) is 18.5 Å². The third-order valence-electron chi connectivity index (χ3n) is 3.36. The van der Waals surface area contributed by atoms with Gasteiger partial charge >= 0.3 is 0 Å². The Balaban J connectivity index is 2.85. The summed E-state index contributed by atoms with van der Waals surface area (Å²) in [5.74, 6) is -1.22. The Labute approximate surface area is 121 Å². The number of nitrogens with one attached hydrogen (secondary N) is 1. The number of fused-ring (bicyclic) bond motifs is 1. The summed E-state index contributed by atoms with van der Waals surface area (Å²) in [6.45, 7) is 3.56. The molecule has 5 nitrogen and oxygen atoms in total. The second-order valence-corrected chi connectivity index (χ2v) is 5.06. The van der Waals surface area contributed by atoms with Gasteiger partial charge < -0.3 is 15.0 Å². The molecule has 21 heavy (non-hydrogen) atoms. The number of amides is 1. The van der Waals surface area contributed by atoms with Crippen molar-refractivity contribution < 1.29 is 14.3 Å². The molecule has 1 amide bonds. The second kappa shape index (κ2) is 5.65. The molecule has 0 aliphatic carbocycles. The standard InChI is InChI=1S/C15H17FN2O3/c1-8(2)18-12-6-4-5-11(16)9(12)7-10(15(18)21)13(19)14(20)17-3/h4-8,13,19H,1-3H3,(H,17,20). The highest BCUT2D eigenvalue weighted by Crippen LogP contribution is 2.22. The average Bonchev–Trinajstić information content (AvgIpc) is 2.45. The Morgan fingerprint density at radius 2 is 2.05 bits per heavy atom. The molecule has 0 aliphatic rings. The van der Waals surface area contributed by atoms with E-state index in [0.29, 0.717) is 5.52 Å². The number of carbonyl (C=O) groups excluding carboxylic acids is 1. The van der Waals surface area contributed by atoms with Crippen LogP contribution in [0.1, 0.15) is 31.6 Å². The number of pyridine rings is 1. The summed E-state index contributed by atoms with van der Waals surface area (Å²) in [4.78, 5) is 24.1. The maximum absolute atomic E-state index is 14.0. The first-order chi connectivity index (χ1) is 9.88. The Kier molecular flexibility index (Phi) is 4.09. The number of hydrogen-bond acceptors (Lipinski definition) is 3. The van der Waals surface area contributed by atoms with Crippen molar-refractivity contribution in [1.29, 1.82) is 0 Å². The molecular weight excluding hydrogens is 275 g/mol. The number of aliphatic hydroxyl groups excluding tert-OH is 1. The number of halogens is 1. The monoisotopic (exact) mass is 292 g/mol. The van der Waals surface area contributed by atoms with E-state index in [1.165, 1.54) is 29.8 Å². The first kappa shape index (κ1) is 15.2. The van der Waals surface area contributed by atoms with Crippen LogP contribution in [-0.4, -0.2) is 22.6 Å². The zero-order valence-electron chi connectivity index (χ0n) is 12.1. The van der Waals surface area contributed by atoms with Crippen molar-refractivity contribution in [2.75, 3.05) is 7.05 Å². The zero-order valence-corrected chi connectivity index (χ0v) is 12.1. The fourth-order valence-electron chi connectivity index (χ4n) is 2.33. The van der Waals surface area contributed by atoms with Crippen molar-refractivity contribution in [2.24, 2.45) is 0 Å². The lowest BCUT2D eigenvalue weighted by Gasteiger charge is -2.18. The molecule has 1 atom stereocenters. The van der Waals surface area contributed by atoms with Gasteiger partial charge in [-0.05, 0) is 32.0 Å². The van der Waals surface area contributed by atoms with Crippen LogP contribution in [0.3, 0.4) is 0 Å². The molecule has 2 N–H and O–H groups in total. The average molecular weight is 292 g/mol. The van der Waals surface area contributed by atoms with Gasteiger partial charge in [-0.3, -0.25) is 9.59 Å². The van der Waals surface area contributed by atoms with Crippen molar-refractivity contribution >= 4 is 16.8 Å². The van der Waals surface area contributed by atoms with Crippen LogP contribution in [-0.2, 0) is 4.79 Å². The molecule has 6 heteroatoms. The summed E-state index contributed by atoms with van der Waals surface area (Å²) in [5.41, 5.74) is -0.206. The summed E-state index contributed by atoms with van der Waals surface area (Å²) in [6, 6.07) is 5.43. The van der Waals surface area contributed by atoms with E-state index in [2.05, 4.69) is 5.32 Å². The van der Waals surface area contributed by atoms with Crippen molar-refractivity contribution in [3.05, 3.63) is 46.0 Å². The van der Waals surface area contributed by atoms with Gasteiger partial charge in [-0.2, -0.15) is 0 Å². The molecule has 2 rings (SSSR count). The molecular formula is C15H17FN2O3. The van der Waals surface area contributed by atoms with Gasteiger partial charge in [0.1, 0.15) is 5.82 Å². The van der Waals surface area contributed by atoms with Gasteiger partial charge in [0.25, 0.3) is 11.5 Å². The molecule has 0 bridgehead atoms. The summed E-state index contributed by atoms with van der Waals surface area (Å²) >= 11 is 0. The van der Waals surface area contributed by atoms with E-state index >= 15 is 0 Å². The molecule has 2 aromatic rings. The summed E-state index contributed by atoms with van der Waals surface area (Å²) < 4.78 is 15.4. The van der Waals surface area contributed by atoms with Crippen molar-refractivity contribution in [2.45, 2.75) is 26.0 Å². The molecule has 1 aromatic heterocycles. The predicted molar refractivity (Wildman–Crippen MR) is 77.6 cm³/mol. The Bertz CT molecular complexity index is 752. The highest BCUT2D eigenvalue weighted by molar-refractivity contribution is 5.85. The van der Waals surface area contributed by atoms with Crippen molar-refractivity contribution in [3.63, 3.8) is 0 Å². The molecule has 0 spiro atoms. The zero-order chi connectivity index (χ0) is 15.7. The highest BCUT2D eigenvalue weighted by Gasteiger charge is 2.23. The molecule has 1 unspecified atom stereocenters. The number of nitrogens with zero attached hydrogens (tertiary/aromatic N) is 1. The minimum absolute atomic E-state index is 0.138. The lowest BCUT2D eigenvalue weighted by Crippen LogP contribution is -2.33. The van der Waals surface area contributed by atoms with Gasteiger partial charge in [-0.25, -0.2) is 4.39 Å². The largest absolute Gasteiger partial charge is 0.378 e. The van der Waals surface area contributed by atoms with Gasteiger partial charge in [0.2, 0.25) is 0 Å². The van der Waals surface area contributed by atoms with Crippen LogP contribution in [0.5, 0.6) is 0 Å². The summed E-state index contributed by atoms with van der Waals surface area (Å²) in [5, 5.41) is 12.4. The Hall–Kier alpha value is -2.21. The molecule has 0 saturated heterocycles. The van der Waals surface area contributed by atoms with Crippen LogP contribution in [0.4, 0.5) is 4.39 Å². The number of rotatable bonds is 3. The smallest absolute Gasteiger partial charge is 0.257 e. The number of aliphatic hydroxyl groups is 1. The molecule has 0 aliphatic heterocycles. The minimum Gasteiger partial charge on any atom is -0.378 e. The fourth-order valence-corrected chi connectivity index (χ4v) is 2.33. The number of benzene rings is 1. The minimum atomic E-state index is -1.63. The molecule has 1 aromatic carbocycles. The SMILES string of the molecule is CNC(=O)C(O)c1cc2c(F)cccc2n(C(C)C)c1=O. The Morgan fingerprint density at radius 1 is 1.38 bits per heavy atom. The highest BCUT2D eigenvalue weighted by atomic mass is 19.1. The third kappa shape index (κ3) is 2.54. The summed E-state index contributed by atoms with van der Waals surface area (Å²) in [7, 11) is 1.36. The van der Waals surface area contributed by atoms with Crippen LogP contribution >= 0.6 is 0 Å². The number of hydrogen-bond donors (Lipinski definition) is 2. The lowest BCUT2D eigenvalue weighted by molar-refractivity contribution is -0.129. The first-order valence-corrected chi connectivity index (χ1v) is 6.61. The van der Waals surface area contributed by atoms with E-state index in [4.69, 9.17) is 0 Å². The molecule has 112 valence electrons. The topological polar surface area (TPSA) is 71.3 Å². The maximum Gasteiger partial charge on any atom is 0.257 e. The maximum atomic E-state index is 14.0. The van der Waals surface area contributed by atoms with E-state index in [1.807, 2.05) is 0 Å². The molecule has 0 saturated carbocycles. The van der Waals surface area contributed by atoms with E-state index < -0.39 is 23.4 Å². The predicted octanol–water partition coefficient (Wildman–Crippen LogP) is 1.50. The second-order valence-electron chi connectivity index (χ2n) is 5.06.